The van der Waals surface area contributed by atoms with Crippen molar-refractivity contribution in [3.05, 3.63) is 0 Å². The van der Waals surface area contributed by atoms with Gasteiger partial charge in [-0.2, -0.15) is 0 Å². The van der Waals surface area contributed by atoms with Gasteiger partial charge in [0.1, 0.15) is 12.6 Å². The third-order valence-electron chi connectivity index (χ3n) is 2.22. The van der Waals surface area contributed by atoms with Gasteiger partial charge in [0.2, 0.25) is 5.91 Å². The molecule has 7 nitrogen and oxygen atoms in total. The van der Waals surface area contributed by atoms with E-state index in [1.807, 2.05) is 0 Å². The third-order valence-corrected chi connectivity index (χ3v) is 2.22. The van der Waals surface area contributed by atoms with Gasteiger partial charge in [-0.1, -0.05) is 6.92 Å². The average molecular weight is 261 g/mol. The van der Waals surface area contributed by atoms with E-state index in [2.05, 4.69) is 10.1 Å². The molecule has 0 unspecified atom stereocenters. The molecule has 0 bridgehead atoms. The summed E-state index contributed by atoms with van der Waals surface area (Å²) in [5, 5.41) is 11.3. The number of amides is 1. The van der Waals surface area contributed by atoms with Crippen LogP contribution in [0, 0.1) is 5.92 Å². The zero-order valence-corrected chi connectivity index (χ0v) is 10.8. The molecule has 0 fully saturated rings. The van der Waals surface area contributed by atoms with Gasteiger partial charge in [0.05, 0.1) is 13.0 Å². The molecule has 0 aliphatic heterocycles. The molecule has 0 heterocycles. The van der Waals surface area contributed by atoms with E-state index in [4.69, 9.17) is 9.84 Å². The van der Waals surface area contributed by atoms with E-state index in [0.29, 0.717) is 0 Å². The van der Waals surface area contributed by atoms with E-state index in [1.165, 1.54) is 7.11 Å². The van der Waals surface area contributed by atoms with Gasteiger partial charge in [-0.25, -0.2) is 4.79 Å². The summed E-state index contributed by atoms with van der Waals surface area (Å²) in [4.78, 5) is 33.5. The van der Waals surface area contributed by atoms with Crippen molar-refractivity contribution < 1.29 is 29.0 Å². The molecule has 0 spiro atoms. The normalized spacial score (nSPS) is 13.5. The van der Waals surface area contributed by atoms with Crippen molar-refractivity contribution in [3.63, 3.8) is 0 Å². The number of aliphatic carboxylic acids is 1. The largest absolute Gasteiger partial charge is 0.480 e. The molecule has 0 saturated carbocycles. The minimum Gasteiger partial charge on any atom is -0.480 e. The first kappa shape index (κ1) is 16.4. The Kier molecular flexibility index (Phi) is 7.69. The van der Waals surface area contributed by atoms with Crippen LogP contribution in [0.25, 0.3) is 0 Å². The van der Waals surface area contributed by atoms with E-state index >= 15 is 0 Å². The van der Waals surface area contributed by atoms with Gasteiger partial charge in [0.25, 0.3) is 0 Å². The van der Waals surface area contributed by atoms with Crippen LogP contribution < -0.4 is 5.32 Å². The first-order valence-corrected chi connectivity index (χ1v) is 5.59. The topological polar surface area (TPSA) is 102 Å². The van der Waals surface area contributed by atoms with E-state index < -0.39 is 29.8 Å². The molecule has 7 heteroatoms. The molecule has 1 amide bonds. The van der Waals surface area contributed by atoms with Crippen LogP contribution in [-0.2, 0) is 23.9 Å². The SMILES string of the molecule is CCOC(=O)C[C@@H](C)[C@H](NC(=O)COC)C(=O)O. The highest BCUT2D eigenvalue weighted by Gasteiger charge is 2.28. The molecule has 2 N–H and O–H groups in total. The molecular formula is C11H19NO6. The highest BCUT2D eigenvalue weighted by atomic mass is 16.5. The Hall–Kier alpha value is -1.63. The number of hydrogen-bond acceptors (Lipinski definition) is 5. The van der Waals surface area contributed by atoms with E-state index in [1.54, 1.807) is 13.8 Å². The lowest BCUT2D eigenvalue weighted by atomic mass is 9.98. The average Bonchev–Trinajstić information content (AvgIpc) is 2.25. The summed E-state index contributed by atoms with van der Waals surface area (Å²) in [7, 11) is 1.33. The Labute approximate surface area is 105 Å². The molecule has 0 aliphatic rings. The number of methoxy groups -OCH3 is 1. The molecule has 0 aromatic carbocycles. The van der Waals surface area contributed by atoms with Gasteiger partial charge < -0.3 is 19.9 Å². The van der Waals surface area contributed by atoms with Crippen molar-refractivity contribution in [3.8, 4) is 0 Å². The predicted molar refractivity (Wildman–Crippen MR) is 61.9 cm³/mol. The van der Waals surface area contributed by atoms with Crippen molar-refractivity contribution in [2.24, 2.45) is 5.92 Å². The van der Waals surface area contributed by atoms with Crippen molar-refractivity contribution in [2.45, 2.75) is 26.3 Å². The number of ether oxygens (including phenoxy) is 2. The second-order valence-electron chi connectivity index (χ2n) is 3.80. The molecule has 0 radical (unpaired) electrons. The number of carbonyl (C=O) groups is 3. The van der Waals surface area contributed by atoms with E-state index in [0.717, 1.165) is 0 Å². The third kappa shape index (κ3) is 6.19. The van der Waals surface area contributed by atoms with E-state index in [9.17, 15) is 14.4 Å². The number of rotatable bonds is 8. The Bertz CT molecular complexity index is 304. The molecule has 18 heavy (non-hydrogen) atoms. The van der Waals surface area contributed by atoms with Crippen molar-refractivity contribution in [1.29, 1.82) is 0 Å². The second-order valence-corrected chi connectivity index (χ2v) is 3.80. The summed E-state index contributed by atoms with van der Waals surface area (Å²) in [6.07, 6.45) is -0.0714. The number of esters is 1. The summed E-state index contributed by atoms with van der Waals surface area (Å²) in [5.41, 5.74) is 0. The highest BCUT2D eigenvalue weighted by Crippen LogP contribution is 2.10. The van der Waals surface area contributed by atoms with Gasteiger partial charge in [0, 0.05) is 7.11 Å². The molecular weight excluding hydrogens is 242 g/mol. The minimum absolute atomic E-state index is 0.0714. The van der Waals surface area contributed by atoms with Gasteiger partial charge in [0.15, 0.2) is 0 Å². The Balaban J connectivity index is 4.45. The smallest absolute Gasteiger partial charge is 0.326 e. The van der Waals surface area contributed by atoms with Crippen LogP contribution >= 0.6 is 0 Å². The van der Waals surface area contributed by atoms with Crippen LogP contribution in [0.5, 0.6) is 0 Å². The summed E-state index contributed by atoms with van der Waals surface area (Å²) < 4.78 is 9.31. The quantitative estimate of drug-likeness (QED) is 0.586. The standard InChI is InChI=1S/C11H19NO6/c1-4-18-9(14)5-7(2)10(11(15)16)12-8(13)6-17-3/h7,10H,4-6H2,1-3H3,(H,12,13)(H,15,16)/t7-,10+/m1/s1. The fourth-order valence-corrected chi connectivity index (χ4v) is 1.39. The number of carbonyl (C=O) groups excluding carboxylic acids is 2. The lowest BCUT2D eigenvalue weighted by Crippen LogP contribution is -2.46. The Morgan fingerprint density at radius 2 is 1.94 bits per heavy atom. The molecule has 0 aromatic rings. The fourth-order valence-electron chi connectivity index (χ4n) is 1.39. The van der Waals surface area contributed by atoms with Crippen LogP contribution in [0.15, 0.2) is 0 Å². The number of carboxylic acids is 1. The molecule has 2 atom stereocenters. The Morgan fingerprint density at radius 1 is 1.33 bits per heavy atom. The monoisotopic (exact) mass is 261 g/mol. The lowest BCUT2D eigenvalue weighted by Gasteiger charge is -2.20. The second kappa shape index (κ2) is 8.46. The van der Waals surface area contributed by atoms with Gasteiger partial charge >= 0.3 is 11.9 Å². The summed E-state index contributed by atoms with van der Waals surface area (Å²) >= 11 is 0. The van der Waals surface area contributed by atoms with Crippen LogP contribution in [-0.4, -0.2) is 49.3 Å². The predicted octanol–water partition coefficient (Wildman–Crippen LogP) is -0.208. The maximum atomic E-state index is 11.3. The fraction of sp³-hybridized carbons (Fsp3) is 0.727. The van der Waals surface area contributed by atoms with Crippen LogP contribution in [0.1, 0.15) is 20.3 Å². The van der Waals surface area contributed by atoms with Crippen molar-refractivity contribution in [2.75, 3.05) is 20.3 Å². The summed E-state index contributed by atoms with van der Waals surface area (Å²) in [6.45, 7) is 3.23. The van der Waals surface area contributed by atoms with Crippen LogP contribution in [0.3, 0.4) is 0 Å². The maximum Gasteiger partial charge on any atom is 0.326 e. The molecule has 0 rings (SSSR count). The number of nitrogens with one attached hydrogen (secondary N) is 1. The zero-order valence-electron chi connectivity index (χ0n) is 10.8. The molecule has 0 aromatic heterocycles. The first-order chi connectivity index (χ1) is 8.42. The first-order valence-electron chi connectivity index (χ1n) is 5.59. The summed E-state index contributed by atoms with van der Waals surface area (Å²) in [6, 6.07) is -1.14. The van der Waals surface area contributed by atoms with Gasteiger partial charge in [-0.05, 0) is 12.8 Å². The highest BCUT2D eigenvalue weighted by molar-refractivity contribution is 5.85. The molecule has 0 saturated heterocycles. The van der Waals surface area contributed by atoms with Crippen LogP contribution in [0.2, 0.25) is 0 Å². The lowest BCUT2D eigenvalue weighted by molar-refractivity contribution is -0.147. The van der Waals surface area contributed by atoms with E-state index in [-0.39, 0.29) is 19.6 Å². The summed E-state index contributed by atoms with van der Waals surface area (Å²) in [5.74, 6) is -2.79. The van der Waals surface area contributed by atoms with Crippen molar-refractivity contribution >= 4 is 17.8 Å². The zero-order chi connectivity index (χ0) is 14.1. The number of carboxylic acid groups (broad SMARTS) is 1. The van der Waals surface area contributed by atoms with Crippen LogP contribution in [0.4, 0.5) is 0 Å². The molecule has 104 valence electrons. The minimum atomic E-state index is -1.20. The molecule has 0 aliphatic carbocycles. The number of hydrogen-bond donors (Lipinski definition) is 2. The van der Waals surface area contributed by atoms with Gasteiger partial charge in [-0.3, -0.25) is 9.59 Å². The maximum absolute atomic E-state index is 11.3. The van der Waals surface area contributed by atoms with Gasteiger partial charge in [-0.15, -0.1) is 0 Å². The Morgan fingerprint density at radius 3 is 2.39 bits per heavy atom. The van der Waals surface area contributed by atoms with Crippen molar-refractivity contribution in [1.82, 2.24) is 5.32 Å².